The normalized spacial score (nSPS) is 9.92. The molecule has 0 amide bonds. The molecular weight excluding hydrogens is 236 g/mol. The van der Waals surface area contributed by atoms with Gasteiger partial charge in [-0.05, 0) is 12.1 Å². The topological polar surface area (TPSA) is 39.4 Å². The highest BCUT2D eigenvalue weighted by Gasteiger charge is 2.04. The van der Waals surface area contributed by atoms with Crippen LogP contribution in [0.4, 0.5) is 0 Å². The van der Waals surface area contributed by atoms with Crippen LogP contribution in [0.25, 0.3) is 0 Å². The molecule has 0 spiro atoms. The van der Waals surface area contributed by atoms with E-state index in [1.54, 1.807) is 12.3 Å². The molecule has 0 aliphatic carbocycles. The predicted molar refractivity (Wildman–Crippen MR) is 51.8 cm³/mol. The lowest BCUT2D eigenvalue weighted by Crippen LogP contribution is -2.07. The van der Waals surface area contributed by atoms with Crippen molar-refractivity contribution in [2.24, 2.45) is 0 Å². The van der Waals surface area contributed by atoms with Crippen molar-refractivity contribution in [2.75, 3.05) is 11.9 Å². The van der Waals surface area contributed by atoms with Crippen LogP contribution in [-0.4, -0.2) is 17.9 Å². The average Bonchev–Trinajstić information content (AvgIpc) is 2.64. The number of esters is 1. The van der Waals surface area contributed by atoms with E-state index in [1.165, 1.54) is 0 Å². The molecule has 0 aromatic carbocycles. The predicted octanol–water partition coefficient (Wildman–Crippen LogP) is 2.15. The van der Waals surface area contributed by atoms with Gasteiger partial charge in [0.1, 0.15) is 12.4 Å². The molecule has 0 saturated heterocycles. The third-order valence-electron chi connectivity index (χ3n) is 1.50. The Kier molecular flexibility index (Phi) is 4.60. The Hall–Kier alpha value is -0.770. The van der Waals surface area contributed by atoms with Gasteiger partial charge in [0.05, 0.1) is 12.7 Å². The lowest BCUT2D eigenvalue weighted by Gasteiger charge is -2.00. The Bertz CT molecular complexity index is 243. The SMILES string of the molecule is O=C(CCc1ccco1)OCCBr. The maximum Gasteiger partial charge on any atom is 0.306 e. The summed E-state index contributed by atoms with van der Waals surface area (Å²) in [5.74, 6) is 0.631. The van der Waals surface area contributed by atoms with E-state index in [4.69, 9.17) is 9.15 Å². The number of furan rings is 1. The van der Waals surface area contributed by atoms with Gasteiger partial charge in [0.2, 0.25) is 0 Å². The monoisotopic (exact) mass is 246 g/mol. The number of carbonyl (C=O) groups excluding carboxylic acids is 1. The largest absolute Gasteiger partial charge is 0.469 e. The quantitative estimate of drug-likeness (QED) is 0.591. The van der Waals surface area contributed by atoms with E-state index in [1.807, 2.05) is 6.07 Å². The Morgan fingerprint density at radius 2 is 2.46 bits per heavy atom. The van der Waals surface area contributed by atoms with Crippen molar-refractivity contribution in [3.8, 4) is 0 Å². The Labute approximate surface area is 85.2 Å². The summed E-state index contributed by atoms with van der Waals surface area (Å²) >= 11 is 3.17. The van der Waals surface area contributed by atoms with Gasteiger partial charge in [0.15, 0.2) is 0 Å². The maximum atomic E-state index is 11.0. The fraction of sp³-hybridized carbons (Fsp3) is 0.444. The van der Waals surface area contributed by atoms with Crippen LogP contribution in [0.15, 0.2) is 22.8 Å². The van der Waals surface area contributed by atoms with Crippen molar-refractivity contribution in [1.82, 2.24) is 0 Å². The maximum absolute atomic E-state index is 11.0. The van der Waals surface area contributed by atoms with Crippen molar-refractivity contribution in [3.05, 3.63) is 24.2 Å². The van der Waals surface area contributed by atoms with Gasteiger partial charge in [-0.1, -0.05) is 15.9 Å². The third-order valence-corrected chi connectivity index (χ3v) is 1.82. The number of halogens is 1. The summed E-state index contributed by atoms with van der Waals surface area (Å²) in [6, 6.07) is 3.65. The van der Waals surface area contributed by atoms with E-state index >= 15 is 0 Å². The number of rotatable bonds is 5. The zero-order valence-corrected chi connectivity index (χ0v) is 8.75. The summed E-state index contributed by atoms with van der Waals surface area (Å²) < 4.78 is 9.93. The van der Waals surface area contributed by atoms with E-state index in [-0.39, 0.29) is 5.97 Å². The second-order valence-electron chi connectivity index (χ2n) is 2.49. The molecule has 0 bridgehead atoms. The van der Waals surface area contributed by atoms with Crippen molar-refractivity contribution in [2.45, 2.75) is 12.8 Å². The summed E-state index contributed by atoms with van der Waals surface area (Å²) in [6.07, 6.45) is 2.58. The molecule has 1 aromatic heterocycles. The lowest BCUT2D eigenvalue weighted by atomic mass is 10.2. The highest BCUT2D eigenvalue weighted by molar-refractivity contribution is 9.09. The van der Waals surface area contributed by atoms with Crippen molar-refractivity contribution < 1.29 is 13.9 Å². The van der Waals surface area contributed by atoms with Gasteiger partial charge in [-0.3, -0.25) is 4.79 Å². The lowest BCUT2D eigenvalue weighted by molar-refractivity contribution is -0.142. The molecular formula is C9H11BrO3. The Balaban J connectivity index is 2.15. The van der Waals surface area contributed by atoms with Gasteiger partial charge < -0.3 is 9.15 Å². The number of aryl methyl sites for hydroxylation is 1. The smallest absolute Gasteiger partial charge is 0.306 e. The molecule has 1 aromatic rings. The molecule has 72 valence electrons. The number of ether oxygens (including phenoxy) is 1. The van der Waals surface area contributed by atoms with E-state index < -0.39 is 0 Å². The van der Waals surface area contributed by atoms with Crippen molar-refractivity contribution in [1.29, 1.82) is 0 Å². The molecule has 4 heteroatoms. The summed E-state index contributed by atoms with van der Waals surface area (Å²) in [5, 5.41) is 0.680. The van der Waals surface area contributed by atoms with Crippen LogP contribution in [0.2, 0.25) is 0 Å². The average molecular weight is 247 g/mol. The van der Waals surface area contributed by atoms with Crippen LogP contribution in [-0.2, 0) is 16.0 Å². The molecule has 0 unspecified atom stereocenters. The molecule has 1 heterocycles. The summed E-state index contributed by atoms with van der Waals surface area (Å²) in [6.45, 7) is 0.428. The molecule has 0 N–H and O–H groups in total. The summed E-state index contributed by atoms with van der Waals surface area (Å²) in [7, 11) is 0. The molecule has 3 nitrogen and oxygen atoms in total. The molecule has 1 rings (SSSR count). The van der Waals surface area contributed by atoms with Gasteiger partial charge >= 0.3 is 5.97 Å². The number of hydrogen-bond donors (Lipinski definition) is 0. The Morgan fingerprint density at radius 1 is 1.62 bits per heavy atom. The summed E-state index contributed by atoms with van der Waals surface area (Å²) in [5.41, 5.74) is 0. The highest BCUT2D eigenvalue weighted by Crippen LogP contribution is 2.04. The minimum absolute atomic E-state index is 0.184. The molecule has 0 fully saturated rings. The second-order valence-corrected chi connectivity index (χ2v) is 3.28. The first-order valence-electron chi connectivity index (χ1n) is 4.07. The number of alkyl halides is 1. The standard InChI is InChI=1S/C9H11BrO3/c10-5-7-13-9(11)4-3-8-2-1-6-12-8/h1-2,6H,3-5,7H2. The van der Waals surface area contributed by atoms with Crippen LogP contribution >= 0.6 is 15.9 Å². The molecule has 0 aliphatic heterocycles. The second kappa shape index (κ2) is 5.80. The van der Waals surface area contributed by atoms with E-state index in [0.717, 1.165) is 5.76 Å². The van der Waals surface area contributed by atoms with Crippen LogP contribution < -0.4 is 0 Å². The van der Waals surface area contributed by atoms with Crippen LogP contribution in [0.5, 0.6) is 0 Å². The Morgan fingerprint density at radius 3 is 3.08 bits per heavy atom. The van der Waals surface area contributed by atoms with Gasteiger partial charge in [-0.15, -0.1) is 0 Å². The fourth-order valence-electron chi connectivity index (χ4n) is 0.905. The van der Waals surface area contributed by atoms with Gasteiger partial charge in [0.25, 0.3) is 0 Å². The molecule has 0 atom stereocenters. The first-order chi connectivity index (χ1) is 6.33. The minimum Gasteiger partial charge on any atom is -0.469 e. The van der Waals surface area contributed by atoms with E-state index in [9.17, 15) is 4.79 Å². The number of hydrogen-bond acceptors (Lipinski definition) is 3. The molecule has 0 aliphatic rings. The molecule has 0 radical (unpaired) electrons. The zero-order valence-electron chi connectivity index (χ0n) is 7.16. The van der Waals surface area contributed by atoms with E-state index in [0.29, 0.717) is 24.8 Å². The van der Waals surface area contributed by atoms with Crippen molar-refractivity contribution >= 4 is 21.9 Å². The number of carbonyl (C=O) groups is 1. The van der Waals surface area contributed by atoms with E-state index in [2.05, 4.69) is 15.9 Å². The van der Waals surface area contributed by atoms with Gasteiger partial charge in [0, 0.05) is 11.8 Å². The summed E-state index contributed by atoms with van der Waals surface area (Å²) in [4.78, 5) is 11.0. The van der Waals surface area contributed by atoms with Crippen molar-refractivity contribution in [3.63, 3.8) is 0 Å². The zero-order chi connectivity index (χ0) is 9.52. The van der Waals surface area contributed by atoms with Gasteiger partial charge in [-0.2, -0.15) is 0 Å². The first-order valence-corrected chi connectivity index (χ1v) is 5.19. The first kappa shape index (κ1) is 10.3. The molecule has 0 saturated carbocycles. The minimum atomic E-state index is -0.184. The fourth-order valence-corrected chi connectivity index (χ4v) is 1.07. The highest BCUT2D eigenvalue weighted by atomic mass is 79.9. The third kappa shape index (κ3) is 4.12. The van der Waals surface area contributed by atoms with Gasteiger partial charge in [-0.25, -0.2) is 0 Å². The van der Waals surface area contributed by atoms with Crippen LogP contribution in [0, 0.1) is 0 Å². The van der Waals surface area contributed by atoms with Crippen LogP contribution in [0.3, 0.4) is 0 Å². The molecule has 13 heavy (non-hydrogen) atoms. The van der Waals surface area contributed by atoms with Crippen LogP contribution in [0.1, 0.15) is 12.2 Å².